The van der Waals surface area contributed by atoms with Gasteiger partial charge in [-0.15, -0.1) is 11.8 Å². The van der Waals surface area contributed by atoms with Crippen LogP contribution in [0.2, 0.25) is 0 Å². The van der Waals surface area contributed by atoms with Gasteiger partial charge in [0.15, 0.2) is 0 Å². The Labute approximate surface area is 106 Å². The maximum atomic E-state index is 11.7. The van der Waals surface area contributed by atoms with E-state index in [1.165, 1.54) is 0 Å². The predicted octanol–water partition coefficient (Wildman–Crippen LogP) is 1.76. The molecule has 0 fully saturated rings. The summed E-state index contributed by atoms with van der Waals surface area (Å²) in [4.78, 5) is 12.6. The standard InChI is InChI=1S/C12H18N2O2S/c1-3-14-12(15)9-4-5-10(13)11(8-9)17-7-6-16-2/h4-5,8H,3,6-7,13H2,1-2H3,(H,14,15). The van der Waals surface area contributed by atoms with Crippen molar-refractivity contribution in [3.63, 3.8) is 0 Å². The largest absolute Gasteiger partial charge is 0.398 e. The highest BCUT2D eigenvalue weighted by molar-refractivity contribution is 7.99. The first kappa shape index (κ1) is 13.9. The summed E-state index contributed by atoms with van der Waals surface area (Å²) in [6.07, 6.45) is 0. The van der Waals surface area contributed by atoms with Crippen molar-refractivity contribution in [3.8, 4) is 0 Å². The fourth-order valence-corrected chi connectivity index (χ4v) is 2.21. The summed E-state index contributed by atoms with van der Waals surface area (Å²) < 4.78 is 4.98. The number of carbonyl (C=O) groups is 1. The maximum Gasteiger partial charge on any atom is 0.251 e. The molecule has 0 atom stereocenters. The normalized spacial score (nSPS) is 10.2. The summed E-state index contributed by atoms with van der Waals surface area (Å²) in [5.41, 5.74) is 7.19. The van der Waals surface area contributed by atoms with Crippen LogP contribution in [0.5, 0.6) is 0 Å². The third kappa shape index (κ3) is 4.28. The van der Waals surface area contributed by atoms with Crippen LogP contribution < -0.4 is 11.1 Å². The van der Waals surface area contributed by atoms with Crippen LogP contribution >= 0.6 is 11.8 Å². The van der Waals surface area contributed by atoms with E-state index in [1.54, 1.807) is 31.0 Å². The molecule has 0 unspecified atom stereocenters. The molecule has 94 valence electrons. The van der Waals surface area contributed by atoms with E-state index >= 15 is 0 Å². The van der Waals surface area contributed by atoms with Crippen molar-refractivity contribution in [2.75, 3.05) is 31.7 Å². The quantitative estimate of drug-likeness (QED) is 0.461. The molecule has 0 radical (unpaired) electrons. The van der Waals surface area contributed by atoms with Gasteiger partial charge in [-0.2, -0.15) is 0 Å². The van der Waals surface area contributed by atoms with Gasteiger partial charge in [0.1, 0.15) is 0 Å². The fraction of sp³-hybridized carbons (Fsp3) is 0.417. The molecule has 3 N–H and O–H groups in total. The zero-order valence-electron chi connectivity index (χ0n) is 10.2. The van der Waals surface area contributed by atoms with E-state index in [0.29, 0.717) is 24.4 Å². The highest BCUT2D eigenvalue weighted by Crippen LogP contribution is 2.25. The second-order valence-corrected chi connectivity index (χ2v) is 4.59. The molecule has 0 bridgehead atoms. The van der Waals surface area contributed by atoms with E-state index in [1.807, 2.05) is 13.0 Å². The second-order valence-electron chi connectivity index (χ2n) is 3.45. The first-order valence-electron chi connectivity index (χ1n) is 5.48. The molecule has 0 aromatic heterocycles. The molecular formula is C12H18N2O2S. The minimum atomic E-state index is -0.0684. The molecular weight excluding hydrogens is 236 g/mol. The molecule has 0 spiro atoms. The van der Waals surface area contributed by atoms with E-state index in [0.717, 1.165) is 10.6 Å². The van der Waals surface area contributed by atoms with Crippen molar-refractivity contribution in [2.24, 2.45) is 0 Å². The molecule has 0 aliphatic carbocycles. The average Bonchev–Trinajstić information content (AvgIpc) is 2.32. The first-order chi connectivity index (χ1) is 8.19. The number of rotatable bonds is 6. The van der Waals surface area contributed by atoms with Gasteiger partial charge >= 0.3 is 0 Å². The lowest BCUT2D eigenvalue weighted by atomic mass is 10.2. The number of hydrogen-bond donors (Lipinski definition) is 2. The van der Waals surface area contributed by atoms with Gasteiger partial charge in [-0.1, -0.05) is 0 Å². The van der Waals surface area contributed by atoms with Gasteiger partial charge < -0.3 is 15.8 Å². The van der Waals surface area contributed by atoms with Gasteiger partial charge in [0.2, 0.25) is 0 Å². The predicted molar refractivity (Wildman–Crippen MR) is 71.5 cm³/mol. The average molecular weight is 254 g/mol. The van der Waals surface area contributed by atoms with Crippen LogP contribution in [0, 0.1) is 0 Å². The Hall–Kier alpha value is -1.20. The summed E-state index contributed by atoms with van der Waals surface area (Å²) in [6.45, 7) is 3.17. The van der Waals surface area contributed by atoms with Crippen molar-refractivity contribution < 1.29 is 9.53 Å². The number of methoxy groups -OCH3 is 1. The number of carbonyl (C=O) groups excluding carboxylic acids is 1. The third-order valence-electron chi connectivity index (χ3n) is 2.16. The topological polar surface area (TPSA) is 64.4 Å². The zero-order chi connectivity index (χ0) is 12.7. The number of ether oxygens (including phenoxy) is 1. The Morgan fingerprint density at radius 2 is 2.29 bits per heavy atom. The smallest absolute Gasteiger partial charge is 0.251 e. The van der Waals surface area contributed by atoms with Gasteiger partial charge in [0.25, 0.3) is 5.91 Å². The molecule has 0 saturated heterocycles. The summed E-state index contributed by atoms with van der Waals surface area (Å²) >= 11 is 1.59. The number of nitrogen functional groups attached to an aromatic ring is 1. The minimum absolute atomic E-state index is 0.0684. The van der Waals surface area contributed by atoms with E-state index in [4.69, 9.17) is 10.5 Å². The van der Waals surface area contributed by atoms with Crippen LogP contribution in [-0.4, -0.2) is 31.9 Å². The lowest BCUT2D eigenvalue weighted by Gasteiger charge is -2.08. The summed E-state index contributed by atoms with van der Waals surface area (Å²) in [6, 6.07) is 5.32. The number of thioether (sulfide) groups is 1. The molecule has 0 heterocycles. The molecule has 0 aliphatic heterocycles. The van der Waals surface area contributed by atoms with Crippen LogP contribution in [-0.2, 0) is 4.74 Å². The molecule has 1 amide bonds. The lowest BCUT2D eigenvalue weighted by molar-refractivity contribution is 0.0955. The third-order valence-corrected chi connectivity index (χ3v) is 3.19. The van der Waals surface area contributed by atoms with Gasteiger partial charge in [-0.3, -0.25) is 4.79 Å². The highest BCUT2D eigenvalue weighted by atomic mass is 32.2. The summed E-state index contributed by atoms with van der Waals surface area (Å²) in [5.74, 6) is 0.751. The number of anilines is 1. The van der Waals surface area contributed by atoms with E-state index in [2.05, 4.69) is 5.32 Å². The molecule has 1 rings (SSSR count). The van der Waals surface area contributed by atoms with E-state index in [-0.39, 0.29) is 5.91 Å². The molecule has 5 heteroatoms. The Morgan fingerprint density at radius 1 is 1.53 bits per heavy atom. The van der Waals surface area contributed by atoms with Gasteiger partial charge in [-0.25, -0.2) is 0 Å². The van der Waals surface area contributed by atoms with E-state index in [9.17, 15) is 4.79 Å². The second kappa shape index (κ2) is 7.19. The molecule has 0 saturated carbocycles. The number of nitrogens with one attached hydrogen (secondary N) is 1. The molecule has 1 aromatic carbocycles. The summed E-state index contributed by atoms with van der Waals surface area (Å²) in [5, 5.41) is 2.76. The Bertz CT molecular complexity index is 383. The Kier molecular flexibility index (Phi) is 5.86. The maximum absolute atomic E-state index is 11.7. The highest BCUT2D eigenvalue weighted by Gasteiger charge is 2.07. The zero-order valence-corrected chi connectivity index (χ0v) is 11.0. The van der Waals surface area contributed by atoms with Crippen molar-refractivity contribution in [3.05, 3.63) is 23.8 Å². The molecule has 17 heavy (non-hydrogen) atoms. The van der Waals surface area contributed by atoms with Gasteiger partial charge in [-0.05, 0) is 25.1 Å². The lowest BCUT2D eigenvalue weighted by Crippen LogP contribution is -2.22. The molecule has 1 aromatic rings. The van der Waals surface area contributed by atoms with Crippen LogP contribution in [0.4, 0.5) is 5.69 Å². The van der Waals surface area contributed by atoms with Crippen LogP contribution in [0.15, 0.2) is 23.1 Å². The number of nitrogens with two attached hydrogens (primary N) is 1. The minimum Gasteiger partial charge on any atom is -0.398 e. The van der Waals surface area contributed by atoms with Crippen LogP contribution in [0.1, 0.15) is 17.3 Å². The first-order valence-corrected chi connectivity index (χ1v) is 6.47. The van der Waals surface area contributed by atoms with Crippen molar-refractivity contribution in [1.29, 1.82) is 0 Å². The van der Waals surface area contributed by atoms with Gasteiger partial charge in [0.05, 0.1) is 6.61 Å². The van der Waals surface area contributed by atoms with E-state index < -0.39 is 0 Å². The fourth-order valence-electron chi connectivity index (χ4n) is 1.30. The number of amides is 1. The Balaban J connectivity index is 2.75. The molecule has 4 nitrogen and oxygen atoms in total. The van der Waals surface area contributed by atoms with Crippen LogP contribution in [0.25, 0.3) is 0 Å². The number of hydrogen-bond acceptors (Lipinski definition) is 4. The monoisotopic (exact) mass is 254 g/mol. The van der Waals surface area contributed by atoms with Crippen LogP contribution in [0.3, 0.4) is 0 Å². The number of benzene rings is 1. The molecule has 0 aliphatic rings. The summed E-state index contributed by atoms with van der Waals surface area (Å²) in [7, 11) is 1.66. The van der Waals surface area contributed by atoms with Crippen molar-refractivity contribution in [1.82, 2.24) is 5.32 Å². The Morgan fingerprint density at radius 3 is 2.94 bits per heavy atom. The SMILES string of the molecule is CCNC(=O)c1ccc(N)c(SCCOC)c1. The van der Waals surface area contributed by atoms with Crippen molar-refractivity contribution in [2.45, 2.75) is 11.8 Å². The van der Waals surface area contributed by atoms with Crippen molar-refractivity contribution >= 4 is 23.4 Å². The van der Waals surface area contributed by atoms with Gasteiger partial charge in [0, 0.05) is 35.6 Å².